The Hall–Kier alpha value is -0.990. The topological polar surface area (TPSA) is 27.1 Å². The molecule has 1 aromatic rings. The monoisotopic (exact) mass is 138 g/mol. The van der Waals surface area contributed by atoms with E-state index in [2.05, 4.69) is 5.10 Å². The van der Waals surface area contributed by atoms with Crippen LogP contribution in [0.25, 0.3) is 0 Å². The van der Waals surface area contributed by atoms with E-state index >= 15 is 0 Å². The van der Waals surface area contributed by atoms with Gasteiger partial charge in [0.05, 0.1) is 12.2 Å². The molecule has 0 bridgehead atoms. The van der Waals surface area contributed by atoms with Gasteiger partial charge in [-0.2, -0.15) is 5.10 Å². The highest BCUT2D eigenvalue weighted by Crippen LogP contribution is 2.21. The van der Waals surface area contributed by atoms with E-state index in [1.165, 1.54) is 0 Å². The summed E-state index contributed by atoms with van der Waals surface area (Å²) in [6.07, 6.45) is 0.295. The average molecular weight is 138 g/mol. The van der Waals surface area contributed by atoms with Gasteiger partial charge in [0.2, 0.25) is 5.88 Å². The summed E-state index contributed by atoms with van der Waals surface area (Å²) in [5.74, 6) is 0.907. The van der Waals surface area contributed by atoms with Crippen molar-refractivity contribution >= 4 is 0 Å². The van der Waals surface area contributed by atoms with E-state index in [0.717, 1.165) is 18.1 Å². The first kappa shape index (κ1) is 5.77. The van der Waals surface area contributed by atoms with E-state index < -0.39 is 0 Å². The summed E-state index contributed by atoms with van der Waals surface area (Å²) in [6.45, 7) is 4.91. The molecular formula is C7H10N2O. The fourth-order valence-corrected chi connectivity index (χ4v) is 1.23. The van der Waals surface area contributed by atoms with Crippen LogP contribution in [-0.4, -0.2) is 15.9 Å². The number of ether oxygens (including phenoxy) is 1. The second-order valence-corrected chi connectivity index (χ2v) is 2.73. The number of nitrogens with zero attached hydrogens (tertiary/aromatic N) is 2. The molecular weight excluding hydrogens is 128 g/mol. The fraction of sp³-hybridized carbons (Fsp3) is 0.571. The number of fused-ring (bicyclic) bond motifs is 1. The number of hydrogen-bond donors (Lipinski definition) is 0. The Morgan fingerprint density at radius 2 is 2.60 bits per heavy atom. The predicted molar refractivity (Wildman–Crippen MR) is 37.1 cm³/mol. The molecule has 3 heteroatoms. The number of aryl methyl sites for hydroxylation is 1. The highest BCUT2D eigenvalue weighted by molar-refractivity contribution is 5.17. The zero-order chi connectivity index (χ0) is 7.14. The highest BCUT2D eigenvalue weighted by Gasteiger charge is 2.19. The van der Waals surface area contributed by atoms with Crippen LogP contribution < -0.4 is 4.74 Å². The summed E-state index contributed by atoms with van der Waals surface area (Å²) >= 11 is 0. The maximum atomic E-state index is 5.43. The van der Waals surface area contributed by atoms with Gasteiger partial charge in [-0.15, -0.1) is 0 Å². The lowest BCUT2D eigenvalue weighted by atomic mass is 10.4. The molecule has 1 aromatic heterocycles. The molecule has 1 unspecified atom stereocenters. The van der Waals surface area contributed by atoms with Crippen molar-refractivity contribution in [3.63, 3.8) is 0 Å². The zero-order valence-electron chi connectivity index (χ0n) is 6.16. The van der Waals surface area contributed by atoms with E-state index in [0.29, 0.717) is 6.10 Å². The fourth-order valence-electron chi connectivity index (χ4n) is 1.23. The van der Waals surface area contributed by atoms with Gasteiger partial charge in [-0.1, -0.05) is 0 Å². The van der Waals surface area contributed by atoms with Crippen molar-refractivity contribution < 1.29 is 4.74 Å². The van der Waals surface area contributed by atoms with Crippen LogP contribution >= 0.6 is 0 Å². The molecule has 0 aromatic carbocycles. The van der Waals surface area contributed by atoms with Gasteiger partial charge in [0, 0.05) is 6.07 Å². The number of rotatable bonds is 0. The molecule has 1 aliphatic rings. The van der Waals surface area contributed by atoms with Crippen LogP contribution in [-0.2, 0) is 6.54 Å². The van der Waals surface area contributed by atoms with Gasteiger partial charge in [0.15, 0.2) is 0 Å². The molecule has 1 aliphatic heterocycles. The summed E-state index contributed by atoms with van der Waals surface area (Å²) < 4.78 is 7.33. The van der Waals surface area contributed by atoms with Crippen LogP contribution in [0.2, 0.25) is 0 Å². The largest absolute Gasteiger partial charge is 0.473 e. The SMILES string of the molecule is Cc1cc2n(n1)CC(C)O2. The molecule has 0 amide bonds. The minimum atomic E-state index is 0.295. The molecule has 2 heterocycles. The highest BCUT2D eigenvalue weighted by atomic mass is 16.5. The molecule has 0 saturated carbocycles. The van der Waals surface area contributed by atoms with Crippen LogP contribution in [0.5, 0.6) is 5.88 Å². The van der Waals surface area contributed by atoms with Crippen LogP contribution in [0.15, 0.2) is 6.07 Å². The zero-order valence-corrected chi connectivity index (χ0v) is 6.16. The third-order valence-corrected chi connectivity index (χ3v) is 1.62. The molecule has 1 atom stereocenters. The summed E-state index contributed by atoms with van der Waals surface area (Å²) in [4.78, 5) is 0. The Morgan fingerprint density at radius 3 is 3.30 bits per heavy atom. The lowest BCUT2D eigenvalue weighted by Crippen LogP contribution is -2.08. The van der Waals surface area contributed by atoms with Crippen LogP contribution in [0.3, 0.4) is 0 Å². The summed E-state index contributed by atoms with van der Waals surface area (Å²) in [7, 11) is 0. The van der Waals surface area contributed by atoms with E-state index in [9.17, 15) is 0 Å². The Labute approximate surface area is 59.6 Å². The van der Waals surface area contributed by atoms with E-state index in [1.807, 2.05) is 24.6 Å². The summed E-state index contributed by atoms with van der Waals surface area (Å²) in [5, 5.41) is 4.23. The quantitative estimate of drug-likeness (QED) is 0.534. The van der Waals surface area contributed by atoms with Crippen molar-refractivity contribution in [3.05, 3.63) is 11.8 Å². The Kier molecular flexibility index (Phi) is 1.01. The van der Waals surface area contributed by atoms with Gasteiger partial charge in [-0.05, 0) is 13.8 Å². The number of hydrogen-bond acceptors (Lipinski definition) is 2. The smallest absolute Gasteiger partial charge is 0.212 e. The molecule has 3 nitrogen and oxygen atoms in total. The Bertz CT molecular complexity index is 231. The third-order valence-electron chi connectivity index (χ3n) is 1.62. The van der Waals surface area contributed by atoms with Crippen molar-refractivity contribution in [2.24, 2.45) is 0 Å². The lowest BCUT2D eigenvalue weighted by molar-refractivity contribution is 0.253. The predicted octanol–water partition coefficient (Wildman–Crippen LogP) is 0.972. The second-order valence-electron chi connectivity index (χ2n) is 2.73. The molecule has 0 saturated heterocycles. The minimum Gasteiger partial charge on any atom is -0.473 e. The van der Waals surface area contributed by atoms with Gasteiger partial charge in [-0.25, -0.2) is 4.68 Å². The van der Waals surface area contributed by atoms with Gasteiger partial charge in [0.1, 0.15) is 6.10 Å². The van der Waals surface area contributed by atoms with Crippen molar-refractivity contribution in [3.8, 4) is 5.88 Å². The second kappa shape index (κ2) is 1.75. The van der Waals surface area contributed by atoms with Gasteiger partial charge >= 0.3 is 0 Å². The van der Waals surface area contributed by atoms with Gasteiger partial charge < -0.3 is 4.74 Å². The maximum Gasteiger partial charge on any atom is 0.212 e. The summed E-state index contributed by atoms with van der Waals surface area (Å²) in [5.41, 5.74) is 1.03. The minimum absolute atomic E-state index is 0.295. The Balaban J connectivity index is 2.39. The standard InChI is InChI=1S/C7H10N2O/c1-5-3-7-9(8-5)4-6(2)10-7/h3,6H,4H2,1-2H3. The summed E-state index contributed by atoms with van der Waals surface area (Å²) in [6, 6.07) is 1.96. The first-order valence-electron chi connectivity index (χ1n) is 3.47. The van der Waals surface area contributed by atoms with Crippen molar-refractivity contribution in [1.82, 2.24) is 9.78 Å². The molecule has 0 N–H and O–H groups in total. The molecule has 10 heavy (non-hydrogen) atoms. The molecule has 0 fully saturated rings. The average Bonchev–Trinajstić information content (AvgIpc) is 2.21. The Morgan fingerprint density at radius 1 is 1.80 bits per heavy atom. The number of aromatic nitrogens is 2. The molecule has 0 radical (unpaired) electrons. The molecule has 0 aliphatic carbocycles. The van der Waals surface area contributed by atoms with Crippen LogP contribution in [0.4, 0.5) is 0 Å². The van der Waals surface area contributed by atoms with Gasteiger partial charge in [0.25, 0.3) is 0 Å². The van der Waals surface area contributed by atoms with Crippen LogP contribution in [0.1, 0.15) is 12.6 Å². The first-order valence-corrected chi connectivity index (χ1v) is 3.47. The molecule has 54 valence electrons. The third kappa shape index (κ3) is 0.701. The molecule has 2 rings (SSSR count). The van der Waals surface area contributed by atoms with E-state index in [4.69, 9.17) is 4.74 Å². The normalized spacial score (nSPS) is 22.4. The van der Waals surface area contributed by atoms with Crippen molar-refractivity contribution in [1.29, 1.82) is 0 Å². The lowest BCUT2D eigenvalue weighted by Gasteiger charge is -1.98. The first-order chi connectivity index (χ1) is 4.75. The van der Waals surface area contributed by atoms with Crippen molar-refractivity contribution in [2.75, 3.05) is 0 Å². The van der Waals surface area contributed by atoms with Crippen LogP contribution in [0, 0.1) is 6.92 Å². The van der Waals surface area contributed by atoms with Gasteiger partial charge in [-0.3, -0.25) is 0 Å². The van der Waals surface area contributed by atoms with E-state index in [-0.39, 0.29) is 0 Å². The molecule has 0 spiro atoms. The maximum absolute atomic E-state index is 5.43. The van der Waals surface area contributed by atoms with E-state index in [1.54, 1.807) is 0 Å². The van der Waals surface area contributed by atoms with Crippen molar-refractivity contribution in [2.45, 2.75) is 26.5 Å².